The molecule has 1 saturated heterocycles. The first kappa shape index (κ1) is 7.98. The number of halogens is 1. The van der Waals surface area contributed by atoms with Crippen LogP contribution in [0.2, 0.25) is 5.02 Å². The zero-order valence-electron chi connectivity index (χ0n) is 6.46. The summed E-state index contributed by atoms with van der Waals surface area (Å²) in [6.45, 7) is 0.747. The van der Waals surface area contributed by atoms with Gasteiger partial charge in [-0.2, -0.15) is 5.48 Å². The Morgan fingerprint density at radius 3 is 3.17 bits per heavy atom. The van der Waals surface area contributed by atoms with Gasteiger partial charge in [0.05, 0.1) is 17.7 Å². The lowest BCUT2D eigenvalue weighted by Gasteiger charge is -2.07. The van der Waals surface area contributed by atoms with E-state index in [0.717, 1.165) is 18.6 Å². The first-order chi connectivity index (χ1) is 5.86. The molecular formula is C8H9ClN2O. The van der Waals surface area contributed by atoms with Gasteiger partial charge in [-0.05, 0) is 18.1 Å². The van der Waals surface area contributed by atoms with Gasteiger partial charge >= 0.3 is 0 Å². The molecule has 2 rings (SSSR count). The predicted octanol–water partition coefficient (Wildman–Crippen LogP) is 1.70. The van der Waals surface area contributed by atoms with E-state index in [0.29, 0.717) is 5.02 Å². The summed E-state index contributed by atoms with van der Waals surface area (Å²) >= 11 is 5.79. The Morgan fingerprint density at radius 1 is 1.58 bits per heavy atom. The highest BCUT2D eigenvalue weighted by Gasteiger charge is 2.17. The molecule has 1 N–H and O–H groups in total. The molecule has 0 aromatic carbocycles. The Balaban J connectivity index is 2.21. The molecular weight excluding hydrogens is 176 g/mol. The van der Waals surface area contributed by atoms with Gasteiger partial charge in [0.15, 0.2) is 0 Å². The minimum Gasteiger partial charge on any atom is -0.301 e. The van der Waals surface area contributed by atoms with Crippen molar-refractivity contribution in [1.82, 2.24) is 10.5 Å². The van der Waals surface area contributed by atoms with E-state index in [-0.39, 0.29) is 6.04 Å². The van der Waals surface area contributed by atoms with E-state index in [1.54, 1.807) is 12.4 Å². The lowest BCUT2D eigenvalue weighted by Crippen LogP contribution is -2.11. The normalized spacial score (nSPS) is 22.9. The highest BCUT2D eigenvalue weighted by molar-refractivity contribution is 6.30. The average molecular weight is 185 g/mol. The summed E-state index contributed by atoms with van der Waals surface area (Å²) in [5.74, 6) is 0. The smallest absolute Gasteiger partial charge is 0.0701 e. The third-order valence-electron chi connectivity index (χ3n) is 1.86. The van der Waals surface area contributed by atoms with E-state index in [2.05, 4.69) is 10.5 Å². The number of hydrogen-bond acceptors (Lipinski definition) is 3. The zero-order valence-corrected chi connectivity index (χ0v) is 7.21. The second-order valence-corrected chi connectivity index (χ2v) is 3.18. The molecule has 0 radical (unpaired) electrons. The maximum atomic E-state index is 5.79. The Hall–Kier alpha value is -0.640. The van der Waals surface area contributed by atoms with Crippen LogP contribution in [-0.2, 0) is 4.84 Å². The molecule has 0 aliphatic carbocycles. The van der Waals surface area contributed by atoms with Gasteiger partial charge in [-0.15, -0.1) is 0 Å². The Labute approximate surface area is 75.7 Å². The molecule has 2 heterocycles. The third-order valence-corrected chi connectivity index (χ3v) is 2.07. The van der Waals surface area contributed by atoms with Gasteiger partial charge < -0.3 is 4.84 Å². The van der Waals surface area contributed by atoms with Gasteiger partial charge in [-0.1, -0.05) is 11.6 Å². The minimum absolute atomic E-state index is 0.246. The maximum Gasteiger partial charge on any atom is 0.0701 e. The molecule has 64 valence electrons. The molecule has 0 spiro atoms. The summed E-state index contributed by atoms with van der Waals surface area (Å²) in [6, 6.07) is 2.15. The monoisotopic (exact) mass is 184 g/mol. The summed E-state index contributed by atoms with van der Waals surface area (Å²) in [5, 5.41) is 0.668. The summed E-state index contributed by atoms with van der Waals surface area (Å²) < 4.78 is 0. The van der Waals surface area contributed by atoms with Crippen molar-refractivity contribution in [2.24, 2.45) is 0 Å². The average Bonchev–Trinajstić information content (AvgIpc) is 2.56. The van der Waals surface area contributed by atoms with E-state index in [1.807, 2.05) is 6.07 Å². The fourth-order valence-corrected chi connectivity index (χ4v) is 1.43. The van der Waals surface area contributed by atoms with Gasteiger partial charge in [0.2, 0.25) is 0 Å². The molecule has 0 saturated carbocycles. The van der Waals surface area contributed by atoms with Crippen molar-refractivity contribution in [2.75, 3.05) is 6.61 Å². The summed E-state index contributed by atoms with van der Waals surface area (Å²) in [7, 11) is 0. The van der Waals surface area contributed by atoms with Crippen LogP contribution in [0.5, 0.6) is 0 Å². The quantitative estimate of drug-likeness (QED) is 0.722. The molecule has 0 unspecified atom stereocenters. The molecule has 1 fully saturated rings. The van der Waals surface area contributed by atoms with E-state index >= 15 is 0 Å². The van der Waals surface area contributed by atoms with Gasteiger partial charge in [-0.25, -0.2) is 0 Å². The van der Waals surface area contributed by atoms with Crippen molar-refractivity contribution < 1.29 is 4.84 Å². The standard InChI is InChI=1S/C8H9ClN2O/c9-7-3-6(4-10-5-7)8-1-2-12-11-8/h3-5,8,11H,1-2H2/t8-/m0/s1. The summed E-state index contributed by atoms with van der Waals surface area (Å²) in [4.78, 5) is 9.03. The number of hydrogen-bond donors (Lipinski definition) is 1. The largest absolute Gasteiger partial charge is 0.301 e. The fraction of sp³-hybridized carbons (Fsp3) is 0.375. The maximum absolute atomic E-state index is 5.79. The van der Waals surface area contributed by atoms with E-state index < -0.39 is 0 Å². The van der Waals surface area contributed by atoms with Crippen LogP contribution in [0.3, 0.4) is 0 Å². The van der Waals surface area contributed by atoms with Crippen LogP contribution in [-0.4, -0.2) is 11.6 Å². The minimum atomic E-state index is 0.246. The molecule has 1 aromatic rings. The molecule has 0 amide bonds. The van der Waals surface area contributed by atoms with Crippen LogP contribution in [0, 0.1) is 0 Å². The molecule has 1 aliphatic rings. The highest BCUT2D eigenvalue weighted by Crippen LogP contribution is 2.22. The lowest BCUT2D eigenvalue weighted by atomic mass is 10.1. The van der Waals surface area contributed by atoms with Crippen LogP contribution in [0.25, 0.3) is 0 Å². The lowest BCUT2D eigenvalue weighted by molar-refractivity contribution is 0.0882. The highest BCUT2D eigenvalue weighted by atomic mass is 35.5. The summed E-state index contributed by atoms with van der Waals surface area (Å²) in [6.07, 6.45) is 4.40. The fourth-order valence-electron chi connectivity index (χ4n) is 1.25. The van der Waals surface area contributed by atoms with Crippen molar-refractivity contribution in [2.45, 2.75) is 12.5 Å². The van der Waals surface area contributed by atoms with Crippen molar-refractivity contribution in [1.29, 1.82) is 0 Å². The molecule has 1 atom stereocenters. The second kappa shape index (κ2) is 3.39. The second-order valence-electron chi connectivity index (χ2n) is 2.74. The van der Waals surface area contributed by atoms with Crippen molar-refractivity contribution >= 4 is 11.6 Å². The molecule has 1 aliphatic heterocycles. The molecule has 3 nitrogen and oxygen atoms in total. The Kier molecular flexibility index (Phi) is 2.26. The topological polar surface area (TPSA) is 34.1 Å². The van der Waals surface area contributed by atoms with Crippen LogP contribution < -0.4 is 5.48 Å². The van der Waals surface area contributed by atoms with Crippen LogP contribution in [0.15, 0.2) is 18.5 Å². The van der Waals surface area contributed by atoms with Gasteiger partial charge in [-0.3, -0.25) is 4.98 Å². The number of nitrogens with zero attached hydrogens (tertiary/aromatic N) is 1. The van der Waals surface area contributed by atoms with Crippen LogP contribution in [0.4, 0.5) is 0 Å². The van der Waals surface area contributed by atoms with Gasteiger partial charge in [0, 0.05) is 12.4 Å². The first-order valence-corrected chi connectivity index (χ1v) is 4.22. The third kappa shape index (κ3) is 1.58. The molecule has 0 bridgehead atoms. The summed E-state index contributed by atoms with van der Waals surface area (Å²) in [5.41, 5.74) is 3.98. The molecule has 1 aromatic heterocycles. The Bertz CT molecular complexity index is 274. The number of nitrogens with one attached hydrogen (secondary N) is 1. The van der Waals surface area contributed by atoms with Crippen molar-refractivity contribution in [3.05, 3.63) is 29.0 Å². The van der Waals surface area contributed by atoms with Crippen molar-refractivity contribution in [3.8, 4) is 0 Å². The van der Waals surface area contributed by atoms with Crippen molar-refractivity contribution in [3.63, 3.8) is 0 Å². The number of pyridine rings is 1. The molecule has 4 heteroatoms. The van der Waals surface area contributed by atoms with Gasteiger partial charge in [0.25, 0.3) is 0 Å². The van der Waals surface area contributed by atoms with Crippen LogP contribution in [0.1, 0.15) is 18.0 Å². The number of rotatable bonds is 1. The Morgan fingerprint density at radius 2 is 2.50 bits per heavy atom. The van der Waals surface area contributed by atoms with E-state index in [4.69, 9.17) is 16.4 Å². The van der Waals surface area contributed by atoms with E-state index in [1.165, 1.54) is 0 Å². The van der Waals surface area contributed by atoms with E-state index in [9.17, 15) is 0 Å². The SMILES string of the molecule is Clc1cncc([C@@H]2CCON2)c1. The van der Waals surface area contributed by atoms with Crippen LogP contribution >= 0.6 is 11.6 Å². The number of aromatic nitrogens is 1. The molecule has 12 heavy (non-hydrogen) atoms. The number of hydroxylamine groups is 1. The predicted molar refractivity (Wildman–Crippen MR) is 45.7 cm³/mol. The van der Waals surface area contributed by atoms with Gasteiger partial charge in [0.1, 0.15) is 0 Å². The first-order valence-electron chi connectivity index (χ1n) is 3.84. The zero-order chi connectivity index (χ0) is 8.39.